The van der Waals surface area contributed by atoms with Crippen LogP contribution in [0.4, 0.5) is 15.4 Å². The molecule has 5 amide bonds. The number of fused-ring (bicyclic) bond motifs is 1. The van der Waals surface area contributed by atoms with Crippen molar-refractivity contribution in [2.24, 2.45) is 0 Å². The van der Waals surface area contributed by atoms with E-state index in [2.05, 4.69) is 36.1 Å². The van der Waals surface area contributed by atoms with Crippen molar-refractivity contribution in [3.8, 4) is 22.4 Å². The van der Waals surface area contributed by atoms with Crippen LogP contribution < -0.4 is 16.0 Å². The Morgan fingerprint density at radius 3 is 1.92 bits per heavy atom. The van der Waals surface area contributed by atoms with Gasteiger partial charge in [0.2, 0.25) is 5.91 Å². The lowest BCUT2D eigenvalue weighted by atomic mass is 10.0. The largest absolute Gasteiger partial charge is 0.453 e. The third kappa shape index (κ3) is 8.50. The second-order valence-corrected chi connectivity index (χ2v) is 14.9. The lowest BCUT2D eigenvalue weighted by Crippen LogP contribution is -2.48. The average molecular weight is 824 g/mol. The third-order valence-corrected chi connectivity index (χ3v) is 11.3. The van der Waals surface area contributed by atoms with Gasteiger partial charge >= 0.3 is 12.2 Å². The molecule has 0 radical (unpaired) electrons. The van der Waals surface area contributed by atoms with Crippen LogP contribution in [0.5, 0.6) is 0 Å². The van der Waals surface area contributed by atoms with Gasteiger partial charge in [-0.15, -0.1) is 0 Å². The lowest BCUT2D eigenvalue weighted by molar-refractivity contribution is -0.138. The summed E-state index contributed by atoms with van der Waals surface area (Å²) < 4.78 is 9.61. The number of hydrogen-bond donors (Lipinski definition) is 5. The van der Waals surface area contributed by atoms with E-state index in [9.17, 15) is 24.0 Å². The van der Waals surface area contributed by atoms with Crippen LogP contribution in [0.3, 0.4) is 0 Å². The molecule has 6 aromatic rings. The minimum atomic E-state index is -1.03. The number of anilines is 1. The van der Waals surface area contributed by atoms with Gasteiger partial charge in [-0.2, -0.15) is 5.10 Å². The molecule has 8 rings (SSSR count). The van der Waals surface area contributed by atoms with E-state index in [0.717, 1.165) is 40.7 Å². The first-order valence-electron chi connectivity index (χ1n) is 20.1. The van der Waals surface area contributed by atoms with Gasteiger partial charge in [0.05, 0.1) is 37.7 Å². The quantitative estimate of drug-likeness (QED) is 0.0979. The number of rotatable bonds is 11. The molecule has 2 aliphatic rings. The highest BCUT2D eigenvalue weighted by Crippen LogP contribution is 2.35. The van der Waals surface area contributed by atoms with Crippen molar-refractivity contribution in [1.82, 2.24) is 40.6 Å². The first kappa shape index (κ1) is 40.3. The van der Waals surface area contributed by atoms with E-state index in [0.29, 0.717) is 54.1 Å². The minimum absolute atomic E-state index is 0.240. The van der Waals surface area contributed by atoms with Gasteiger partial charge in [-0.1, -0.05) is 91.0 Å². The molecular weight excluding hydrogens is 779 g/mol. The van der Waals surface area contributed by atoms with Gasteiger partial charge in [-0.25, -0.2) is 14.6 Å². The lowest BCUT2D eigenvalue weighted by Gasteiger charge is -2.28. The fourth-order valence-electron chi connectivity index (χ4n) is 8.15. The van der Waals surface area contributed by atoms with Crippen molar-refractivity contribution in [3.05, 3.63) is 126 Å². The molecule has 2 fully saturated rings. The maximum atomic E-state index is 13.9. The van der Waals surface area contributed by atoms with Gasteiger partial charge in [-0.05, 0) is 65.6 Å². The van der Waals surface area contributed by atoms with Crippen molar-refractivity contribution in [3.63, 3.8) is 0 Å². The minimum Gasteiger partial charge on any atom is -0.453 e. The first-order chi connectivity index (χ1) is 29.7. The number of aromatic nitrogens is 4. The molecule has 4 aromatic carbocycles. The molecule has 0 bridgehead atoms. The Bertz CT molecular complexity index is 2540. The second kappa shape index (κ2) is 17.8. The topological polar surface area (TPSA) is 204 Å². The molecule has 4 atom stereocenters. The number of alkyl carbamates (subject to hydrolysis) is 2. The predicted octanol–water partition coefficient (Wildman–Crippen LogP) is 6.41. The van der Waals surface area contributed by atoms with E-state index < -0.39 is 36.2 Å². The summed E-state index contributed by atoms with van der Waals surface area (Å²) in [5, 5.41) is 16.4. The number of amides is 5. The maximum absolute atomic E-state index is 13.9. The number of imidazole rings is 1. The molecule has 16 heteroatoms. The highest BCUT2D eigenvalue weighted by atomic mass is 16.5. The monoisotopic (exact) mass is 823 g/mol. The molecular formula is C45H45N9O7. The predicted molar refractivity (Wildman–Crippen MR) is 226 cm³/mol. The SMILES string of the molecule is COC(=O)N[C@@H](C(=O)N1CCC[C@H]1C(=O)Nc1n[nH]c2ccc(-c3ccc(-c4cnc([C@@H]5CCCN5C(=O)[C@H](NC(=O)OC)c5ccccc5)[nH]4)cc3)cc12)c1ccccc1. The number of carbonyl (C=O) groups is 5. The number of methoxy groups -OCH3 is 2. The third-order valence-electron chi connectivity index (χ3n) is 11.3. The van der Waals surface area contributed by atoms with Crippen LogP contribution in [0.15, 0.2) is 109 Å². The molecule has 312 valence electrons. The van der Waals surface area contributed by atoms with Crippen LogP contribution in [0.1, 0.15) is 60.8 Å². The standard InChI is InChI=1S/C45H45N9O7/c1-60-44(58)48-37(29-11-5-3-6-12-29)42(56)53-23-9-15-35(53)40-46-26-34(47-40)28-19-17-27(18-20-28)31-21-22-33-32(25-31)39(52-51-33)50-41(55)36-16-10-24-54(36)43(57)38(49-45(59)61-2)30-13-7-4-8-14-30/h3-8,11-14,17-22,25-26,35-38H,9-10,15-16,23-24H2,1-2H3,(H,46,47)(H,48,58)(H,49,59)(H2,50,51,52,55)/t35-,36-,37+,38+/m0/s1. The molecule has 2 aliphatic heterocycles. The highest BCUT2D eigenvalue weighted by Gasteiger charge is 2.39. The fraction of sp³-hybridized carbons (Fsp3) is 0.267. The normalized spacial score (nSPS) is 17.1. The van der Waals surface area contributed by atoms with Gasteiger partial charge < -0.3 is 40.2 Å². The average Bonchev–Trinajstić information content (AvgIpc) is 4.15. The summed E-state index contributed by atoms with van der Waals surface area (Å²) in [6.07, 6.45) is 2.90. The summed E-state index contributed by atoms with van der Waals surface area (Å²) in [5.41, 5.74) is 5.47. The molecule has 2 saturated heterocycles. The Kier molecular flexibility index (Phi) is 11.7. The van der Waals surface area contributed by atoms with E-state index in [1.54, 1.807) is 47.5 Å². The maximum Gasteiger partial charge on any atom is 0.407 e. The van der Waals surface area contributed by atoms with Crippen LogP contribution >= 0.6 is 0 Å². The summed E-state index contributed by atoms with van der Waals surface area (Å²) in [7, 11) is 2.50. The van der Waals surface area contributed by atoms with E-state index >= 15 is 0 Å². The zero-order chi connectivity index (χ0) is 42.5. The van der Waals surface area contributed by atoms with Gasteiger partial charge in [0, 0.05) is 18.5 Å². The molecule has 16 nitrogen and oxygen atoms in total. The number of nitrogens with zero attached hydrogens (tertiary/aromatic N) is 4. The van der Waals surface area contributed by atoms with E-state index in [-0.39, 0.29) is 17.9 Å². The van der Waals surface area contributed by atoms with Crippen LogP contribution in [0, 0.1) is 0 Å². The van der Waals surface area contributed by atoms with Crippen molar-refractivity contribution in [1.29, 1.82) is 0 Å². The second-order valence-electron chi connectivity index (χ2n) is 14.9. The first-order valence-corrected chi connectivity index (χ1v) is 20.1. The Hall–Kier alpha value is -7.49. The van der Waals surface area contributed by atoms with Gasteiger partial charge in [-0.3, -0.25) is 19.5 Å². The van der Waals surface area contributed by atoms with E-state index in [1.807, 2.05) is 66.7 Å². The molecule has 4 heterocycles. The number of nitrogens with one attached hydrogen (secondary N) is 5. The number of aromatic amines is 2. The number of ether oxygens (including phenoxy) is 2. The Morgan fingerprint density at radius 1 is 0.705 bits per heavy atom. The van der Waals surface area contributed by atoms with Crippen molar-refractivity contribution >= 4 is 46.6 Å². The van der Waals surface area contributed by atoms with Gasteiger partial charge in [0.25, 0.3) is 11.8 Å². The highest BCUT2D eigenvalue weighted by molar-refractivity contribution is 6.04. The van der Waals surface area contributed by atoms with Gasteiger partial charge in [0.15, 0.2) is 5.82 Å². The summed E-state index contributed by atoms with van der Waals surface area (Å²) in [6.45, 7) is 0.880. The van der Waals surface area contributed by atoms with Crippen LogP contribution in [0.25, 0.3) is 33.3 Å². The number of likely N-dealkylation sites (tertiary alicyclic amines) is 2. The molecule has 5 N–H and O–H groups in total. The van der Waals surface area contributed by atoms with Crippen LogP contribution in [-0.2, 0) is 23.9 Å². The molecule has 2 aromatic heterocycles. The van der Waals surface area contributed by atoms with E-state index in [1.165, 1.54) is 19.1 Å². The Labute approximate surface area is 351 Å². The summed E-state index contributed by atoms with van der Waals surface area (Å²) >= 11 is 0. The van der Waals surface area contributed by atoms with Crippen molar-refractivity contribution in [2.45, 2.75) is 49.9 Å². The van der Waals surface area contributed by atoms with Gasteiger partial charge in [0.1, 0.15) is 23.9 Å². The molecule has 61 heavy (non-hydrogen) atoms. The zero-order valence-electron chi connectivity index (χ0n) is 33.6. The number of benzene rings is 4. The summed E-state index contributed by atoms with van der Waals surface area (Å²) in [6, 6.07) is 28.7. The molecule has 0 saturated carbocycles. The number of hydrogen-bond acceptors (Lipinski definition) is 9. The summed E-state index contributed by atoms with van der Waals surface area (Å²) in [4.78, 5) is 77.4. The fourth-order valence-corrected chi connectivity index (χ4v) is 8.15. The molecule has 0 spiro atoms. The Balaban J connectivity index is 0.958. The summed E-state index contributed by atoms with van der Waals surface area (Å²) in [5.74, 6) is -0.0247. The molecule has 0 aliphatic carbocycles. The van der Waals surface area contributed by atoms with Crippen LogP contribution in [-0.4, -0.2) is 93.2 Å². The number of H-pyrrole nitrogens is 2. The van der Waals surface area contributed by atoms with E-state index in [4.69, 9.17) is 9.47 Å². The smallest absolute Gasteiger partial charge is 0.407 e. The van der Waals surface area contributed by atoms with Crippen LogP contribution in [0.2, 0.25) is 0 Å². The van der Waals surface area contributed by atoms with Crippen molar-refractivity contribution in [2.75, 3.05) is 32.6 Å². The molecule has 0 unspecified atom stereocenters. The number of carbonyl (C=O) groups excluding carboxylic acids is 5. The zero-order valence-corrected chi connectivity index (χ0v) is 33.6. The Morgan fingerprint density at radius 2 is 1.28 bits per heavy atom. The van der Waals surface area contributed by atoms with Crippen molar-refractivity contribution < 1.29 is 33.4 Å².